The number of benzene rings is 1. The number of rotatable bonds is 5. The number of aromatic nitrogens is 1. The first-order chi connectivity index (χ1) is 14.4. The maximum absolute atomic E-state index is 12.9. The summed E-state index contributed by atoms with van der Waals surface area (Å²) >= 11 is 0. The maximum Gasteiger partial charge on any atom is 0.407 e. The lowest BCUT2D eigenvalue weighted by molar-refractivity contribution is 0.0935. The van der Waals surface area contributed by atoms with E-state index in [1.165, 1.54) is 4.90 Å². The Morgan fingerprint density at radius 1 is 1.30 bits per heavy atom. The average Bonchev–Trinajstić information content (AvgIpc) is 3.29. The van der Waals surface area contributed by atoms with Gasteiger partial charge in [-0.25, -0.2) is 4.79 Å². The second kappa shape index (κ2) is 8.06. The minimum atomic E-state index is -0.970. The van der Waals surface area contributed by atoms with Gasteiger partial charge >= 0.3 is 6.09 Å². The number of carbonyl (C=O) groups is 2. The SMILES string of the molecule is Cc1cncc(COc2ccc3oc(C)c(C(=O)NC4CCN(C(=O)O)C4)c3c2)c1. The van der Waals surface area contributed by atoms with Gasteiger partial charge in [-0.15, -0.1) is 0 Å². The van der Waals surface area contributed by atoms with E-state index in [0.29, 0.717) is 47.6 Å². The zero-order chi connectivity index (χ0) is 21.3. The number of nitrogens with zero attached hydrogens (tertiary/aromatic N) is 2. The van der Waals surface area contributed by atoms with Crippen molar-refractivity contribution in [3.63, 3.8) is 0 Å². The number of amides is 2. The van der Waals surface area contributed by atoms with Gasteiger partial charge in [-0.1, -0.05) is 0 Å². The number of aryl methyl sites for hydroxylation is 2. The van der Waals surface area contributed by atoms with Crippen LogP contribution in [0.4, 0.5) is 4.79 Å². The molecule has 4 rings (SSSR count). The molecule has 0 aliphatic carbocycles. The van der Waals surface area contributed by atoms with Gasteiger partial charge in [0, 0.05) is 42.5 Å². The van der Waals surface area contributed by atoms with Crippen LogP contribution in [-0.4, -0.2) is 46.1 Å². The van der Waals surface area contributed by atoms with E-state index in [1.807, 2.05) is 13.0 Å². The van der Waals surface area contributed by atoms with Crippen LogP contribution < -0.4 is 10.1 Å². The summed E-state index contributed by atoms with van der Waals surface area (Å²) < 4.78 is 11.6. The van der Waals surface area contributed by atoms with Crippen LogP contribution in [0.3, 0.4) is 0 Å². The Balaban J connectivity index is 1.51. The van der Waals surface area contributed by atoms with Crippen molar-refractivity contribution in [1.29, 1.82) is 0 Å². The zero-order valence-electron chi connectivity index (χ0n) is 16.8. The van der Waals surface area contributed by atoms with E-state index in [-0.39, 0.29) is 18.5 Å². The molecule has 2 amide bonds. The molecule has 0 radical (unpaired) electrons. The van der Waals surface area contributed by atoms with E-state index in [9.17, 15) is 9.59 Å². The molecule has 156 valence electrons. The molecule has 2 aromatic heterocycles. The number of nitrogens with one attached hydrogen (secondary N) is 1. The second-order valence-corrected chi connectivity index (χ2v) is 7.54. The number of pyridine rings is 1. The smallest absolute Gasteiger partial charge is 0.407 e. The molecule has 3 heterocycles. The van der Waals surface area contributed by atoms with E-state index >= 15 is 0 Å². The molecule has 8 nitrogen and oxygen atoms in total. The Hall–Kier alpha value is -3.55. The predicted molar refractivity (Wildman–Crippen MR) is 110 cm³/mol. The number of carbonyl (C=O) groups excluding carboxylic acids is 1. The molecule has 8 heteroatoms. The molecule has 0 saturated carbocycles. The number of hydrogen-bond acceptors (Lipinski definition) is 5. The average molecular weight is 409 g/mol. The number of hydrogen-bond donors (Lipinski definition) is 2. The molecular weight excluding hydrogens is 386 g/mol. The van der Waals surface area contributed by atoms with E-state index < -0.39 is 6.09 Å². The van der Waals surface area contributed by atoms with Crippen molar-refractivity contribution < 1.29 is 23.8 Å². The van der Waals surface area contributed by atoms with Crippen molar-refractivity contribution in [2.75, 3.05) is 13.1 Å². The number of ether oxygens (including phenoxy) is 1. The first-order valence-corrected chi connectivity index (χ1v) is 9.76. The van der Waals surface area contributed by atoms with Crippen LogP contribution in [0.2, 0.25) is 0 Å². The number of furan rings is 1. The minimum Gasteiger partial charge on any atom is -0.489 e. The largest absolute Gasteiger partial charge is 0.489 e. The number of carboxylic acid groups (broad SMARTS) is 1. The summed E-state index contributed by atoms with van der Waals surface area (Å²) in [5, 5.41) is 12.7. The van der Waals surface area contributed by atoms with E-state index in [4.69, 9.17) is 14.3 Å². The summed E-state index contributed by atoms with van der Waals surface area (Å²) in [6.07, 6.45) is 3.16. The highest BCUT2D eigenvalue weighted by Gasteiger charge is 2.28. The molecule has 1 aliphatic rings. The van der Waals surface area contributed by atoms with Crippen LogP contribution in [-0.2, 0) is 6.61 Å². The van der Waals surface area contributed by atoms with Crippen molar-refractivity contribution in [3.8, 4) is 5.75 Å². The van der Waals surface area contributed by atoms with E-state index in [1.54, 1.807) is 37.5 Å². The monoisotopic (exact) mass is 409 g/mol. The molecule has 1 aliphatic heterocycles. The summed E-state index contributed by atoms with van der Waals surface area (Å²) in [5.74, 6) is 0.857. The van der Waals surface area contributed by atoms with Crippen molar-refractivity contribution >= 4 is 23.0 Å². The zero-order valence-corrected chi connectivity index (χ0v) is 16.8. The van der Waals surface area contributed by atoms with Gasteiger partial charge < -0.3 is 24.5 Å². The Kier molecular flexibility index (Phi) is 5.31. The molecule has 2 N–H and O–H groups in total. The predicted octanol–water partition coefficient (Wildman–Crippen LogP) is 3.51. The van der Waals surface area contributed by atoms with Gasteiger partial charge in [0.2, 0.25) is 0 Å². The highest BCUT2D eigenvalue weighted by molar-refractivity contribution is 6.07. The van der Waals surface area contributed by atoms with Crippen LogP contribution in [0, 0.1) is 13.8 Å². The lowest BCUT2D eigenvalue weighted by Gasteiger charge is -2.14. The third-order valence-corrected chi connectivity index (χ3v) is 5.19. The Morgan fingerprint density at radius 2 is 2.13 bits per heavy atom. The summed E-state index contributed by atoms with van der Waals surface area (Å²) in [4.78, 5) is 29.5. The lowest BCUT2D eigenvalue weighted by Crippen LogP contribution is -2.38. The van der Waals surface area contributed by atoms with Crippen molar-refractivity contribution in [2.45, 2.75) is 32.9 Å². The van der Waals surface area contributed by atoms with Gasteiger partial charge in [-0.05, 0) is 50.1 Å². The second-order valence-electron chi connectivity index (χ2n) is 7.54. The third-order valence-electron chi connectivity index (χ3n) is 5.19. The maximum atomic E-state index is 12.9. The van der Waals surface area contributed by atoms with Crippen LogP contribution in [0.15, 0.2) is 41.1 Å². The molecule has 1 unspecified atom stereocenters. The van der Waals surface area contributed by atoms with Crippen molar-refractivity contribution in [2.24, 2.45) is 0 Å². The molecule has 0 bridgehead atoms. The van der Waals surface area contributed by atoms with Crippen molar-refractivity contribution in [3.05, 3.63) is 59.1 Å². The normalized spacial score (nSPS) is 16.1. The van der Waals surface area contributed by atoms with Crippen LogP contribution in [0.25, 0.3) is 11.0 Å². The van der Waals surface area contributed by atoms with Crippen LogP contribution >= 0.6 is 0 Å². The summed E-state index contributed by atoms with van der Waals surface area (Å²) in [6, 6.07) is 7.17. The van der Waals surface area contributed by atoms with Gasteiger partial charge in [-0.3, -0.25) is 9.78 Å². The quantitative estimate of drug-likeness (QED) is 0.668. The fourth-order valence-electron chi connectivity index (χ4n) is 3.74. The fraction of sp³-hybridized carbons (Fsp3) is 0.318. The van der Waals surface area contributed by atoms with Gasteiger partial charge in [0.1, 0.15) is 23.7 Å². The van der Waals surface area contributed by atoms with Crippen LogP contribution in [0.1, 0.15) is 33.7 Å². The van der Waals surface area contributed by atoms with Crippen molar-refractivity contribution in [1.82, 2.24) is 15.2 Å². The van der Waals surface area contributed by atoms with Gasteiger partial charge in [0.25, 0.3) is 5.91 Å². The molecule has 30 heavy (non-hydrogen) atoms. The molecule has 3 aromatic rings. The minimum absolute atomic E-state index is 0.216. The van der Waals surface area contributed by atoms with E-state index in [0.717, 1.165) is 11.1 Å². The van der Waals surface area contributed by atoms with Crippen LogP contribution in [0.5, 0.6) is 5.75 Å². The summed E-state index contributed by atoms with van der Waals surface area (Å²) in [6.45, 7) is 4.78. The molecule has 1 saturated heterocycles. The summed E-state index contributed by atoms with van der Waals surface area (Å²) in [5.41, 5.74) is 3.06. The van der Waals surface area contributed by atoms with Gasteiger partial charge in [0.05, 0.1) is 5.56 Å². The molecule has 1 fully saturated rings. The Morgan fingerprint density at radius 3 is 2.87 bits per heavy atom. The highest BCUT2D eigenvalue weighted by Crippen LogP contribution is 2.29. The third kappa shape index (κ3) is 4.07. The van der Waals surface area contributed by atoms with Gasteiger partial charge in [0.15, 0.2) is 0 Å². The molecule has 1 atom stereocenters. The standard InChI is InChI=1S/C22H23N3O5/c1-13-7-15(10-23-9-13)12-29-17-3-4-19-18(8-17)20(14(2)30-19)21(26)24-16-5-6-25(11-16)22(27)28/h3-4,7-10,16H,5-6,11-12H2,1-2H3,(H,24,26)(H,27,28). The summed E-state index contributed by atoms with van der Waals surface area (Å²) in [7, 11) is 0. The molecular formula is C22H23N3O5. The first kappa shape index (κ1) is 19.8. The number of fused-ring (bicyclic) bond motifs is 1. The lowest BCUT2D eigenvalue weighted by atomic mass is 10.1. The topological polar surface area (TPSA) is 105 Å². The Bertz CT molecular complexity index is 1110. The van der Waals surface area contributed by atoms with Gasteiger partial charge in [-0.2, -0.15) is 0 Å². The van der Waals surface area contributed by atoms with E-state index in [2.05, 4.69) is 10.3 Å². The Labute approximate surface area is 173 Å². The highest BCUT2D eigenvalue weighted by atomic mass is 16.5. The molecule has 1 aromatic carbocycles. The number of likely N-dealkylation sites (tertiary alicyclic amines) is 1. The fourth-order valence-corrected chi connectivity index (χ4v) is 3.74. The first-order valence-electron chi connectivity index (χ1n) is 9.76. The molecule has 0 spiro atoms.